The van der Waals surface area contributed by atoms with Gasteiger partial charge in [-0.15, -0.1) is 0 Å². The van der Waals surface area contributed by atoms with Crippen molar-refractivity contribution in [3.05, 3.63) is 23.8 Å². The number of rotatable bonds is 6. The predicted octanol–water partition coefficient (Wildman–Crippen LogP) is 2.66. The van der Waals surface area contributed by atoms with E-state index >= 15 is 0 Å². The quantitative estimate of drug-likeness (QED) is 0.841. The van der Waals surface area contributed by atoms with Crippen LogP contribution in [-0.2, 0) is 0 Å². The van der Waals surface area contributed by atoms with E-state index in [0.29, 0.717) is 5.75 Å². The van der Waals surface area contributed by atoms with E-state index in [0.717, 1.165) is 17.7 Å². The lowest BCUT2D eigenvalue weighted by Gasteiger charge is -2.19. The second-order valence-electron chi connectivity index (χ2n) is 4.15. The Morgan fingerprint density at radius 1 is 1.33 bits per heavy atom. The number of hydrogen-bond donors (Lipinski definition) is 1. The number of benzene rings is 1. The number of methoxy groups -OCH3 is 2. The van der Waals surface area contributed by atoms with Crippen LogP contribution in [0.5, 0.6) is 11.5 Å². The molecule has 0 bridgehead atoms. The molecule has 2 atom stereocenters. The highest BCUT2D eigenvalue weighted by atomic mass is 16.5. The fraction of sp³-hybridized carbons (Fsp3) is 0.500. The fourth-order valence-electron chi connectivity index (χ4n) is 1.66. The lowest BCUT2D eigenvalue weighted by Crippen LogP contribution is -2.29. The normalized spacial score (nSPS) is 13.5. The molecule has 0 fully saturated rings. The topological polar surface area (TPSA) is 54.3 Å². The molecule has 0 aliphatic heterocycles. The Hall–Kier alpha value is -1.73. The average molecular weight is 248 g/mol. The molecule has 1 rings (SSSR count). The zero-order valence-corrected chi connectivity index (χ0v) is 11.4. The molecule has 0 aliphatic rings. The van der Waals surface area contributed by atoms with Crippen LogP contribution >= 0.6 is 0 Å². The second kappa shape index (κ2) is 6.87. The van der Waals surface area contributed by atoms with Crippen molar-refractivity contribution in [3.8, 4) is 17.6 Å². The third-order valence-electron chi connectivity index (χ3n) is 2.94. The lowest BCUT2D eigenvalue weighted by molar-refractivity contribution is 0.385. The summed E-state index contributed by atoms with van der Waals surface area (Å²) in [5.74, 6) is 1.38. The Morgan fingerprint density at radius 3 is 2.56 bits per heavy atom. The largest absolute Gasteiger partial charge is 0.497 e. The van der Waals surface area contributed by atoms with Gasteiger partial charge in [0.1, 0.15) is 17.5 Å². The third kappa shape index (κ3) is 3.38. The van der Waals surface area contributed by atoms with Crippen LogP contribution in [0.4, 0.5) is 0 Å². The second-order valence-corrected chi connectivity index (χ2v) is 4.15. The van der Waals surface area contributed by atoms with Crippen molar-refractivity contribution in [1.29, 1.82) is 5.26 Å². The molecule has 0 spiro atoms. The zero-order chi connectivity index (χ0) is 13.5. The molecule has 0 saturated heterocycles. The van der Waals surface area contributed by atoms with Crippen LogP contribution < -0.4 is 14.8 Å². The zero-order valence-electron chi connectivity index (χ0n) is 11.4. The monoisotopic (exact) mass is 248 g/mol. The number of ether oxygens (including phenoxy) is 2. The molecule has 0 aromatic heterocycles. The molecule has 0 saturated carbocycles. The SMILES string of the molecule is CCC(C)NC(C#N)c1ccc(OC)cc1OC. The van der Waals surface area contributed by atoms with Crippen molar-refractivity contribution in [2.45, 2.75) is 32.4 Å². The van der Waals surface area contributed by atoms with Crippen molar-refractivity contribution in [2.24, 2.45) is 0 Å². The number of nitrogens with one attached hydrogen (secondary N) is 1. The summed E-state index contributed by atoms with van der Waals surface area (Å²) in [6.45, 7) is 4.14. The van der Waals surface area contributed by atoms with E-state index < -0.39 is 0 Å². The first-order valence-electron chi connectivity index (χ1n) is 6.03. The predicted molar refractivity (Wildman–Crippen MR) is 70.8 cm³/mol. The molecule has 1 N–H and O–H groups in total. The van der Waals surface area contributed by atoms with E-state index in [1.165, 1.54) is 0 Å². The first kappa shape index (κ1) is 14.3. The van der Waals surface area contributed by atoms with Crippen LogP contribution in [-0.4, -0.2) is 20.3 Å². The maximum atomic E-state index is 9.27. The molecule has 0 aliphatic carbocycles. The van der Waals surface area contributed by atoms with Crippen molar-refractivity contribution in [3.63, 3.8) is 0 Å². The van der Waals surface area contributed by atoms with E-state index in [4.69, 9.17) is 9.47 Å². The van der Waals surface area contributed by atoms with Gasteiger partial charge in [0.15, 0.2) is 0 Å². The Bertz CT molecular complexity index is 426. The number of hydrogen-bond acceptors (Lipinski definition) is 4. The third-order valence-corrected chi connectivity index (χ3v) is 2.94. The van der Waals surface area contributed by atoms with E-state index in [9.17, 15) is 5.26 Å². The van der Waals surface area contributed by atoms with Gasteiger partial charge in [-0.2, -0.15) is 5.26 Å². The molecule has 4 nitrogen and oxygen atoms in total. The molecular weight excluding hydrogens is 228 g/mol. The Kier molecular flexibility index (Phi) is 5.47. The molecule has 18 heavy (non-hydrogen) atoms. The molecule has 2 unspecified atom stereocenters. The van der Waals surface area contributed by atoms with Gasteiger partial charge in [0.05, 0.1) is 20.3 Å². The molecule has 0 amide bonds. The van der Waals surface area contributed by atoms with Gasteiger partial charge in [-0.25, -0.2) is 0 Å². The minimum absolute atomic E-state index is 0.279. The Labute approximate surface area is 109 Å². The smallest absolute Gasteiger partial charge is 0.128 e. The summed E-state index contributed by atoms with van der Waals surface area (Å²) >= 11 is 0. The van der Waals surface area contributed by atoms with Crippen LogP contribution in [0.15, 0.2) is 18.2 Å². The summed E-state index contributed by atoms with van der Waals surface area (Å²) in [4.78, 5) is 0. The van der Waals surface area contributed by atoms with Gasteiger partial charge >= 0.3 is 0 Å². The van der Waals surface area contributed by atoms with Gasteiger partial charge in [0.2, 0.25) is 0 Å². The maximum Gasteiger partial charge on any atom is 0.128 e. The molecule has 1 aromatic rings. The van der Waals surface area contributed by atoms with Crippen LogP contribution in [0.1, 0.15) is 31.9 Å². The standard InChI is InChI=1S/C14H20N2O2/c1-5-10(2)16-13(9-15)12-7-6-11(17-3)8-14(12)18-4/h6-8,10,13,16H,5H2,1-4H3. The van der Waals surface area contributed by atoms with Gasteiger partial charge in [-0.05, 0) is 25.5 Å². The Balaban J connectivity index is 3.02. The van der Waals surface area contributed by atoms with Crippen LogP contribution in [0.3, 0.4) is 0 Å². The van der Waals surface area contributed by atoms with Crippen LogP contribution in [0.25, 0.3) is 0 Å². The first-order valence-corrected chi connectivity index (χ1v) is 6.03. The van der Waals surface area contributed by atoms with E-state index in [-0.39, 0.29) is 12.1 Å². The summed E-state index contributed by atoms with van der Waals surface area (Å²) < 4.78 is 10.5. The van der Waals surface area contributed by atoms with Crippen molar-refractivity contribution >= 4 is 0 Å². The minimum atomic E-state index is -0.374. The number of nitrogens with zero attached hydrogens (tertiary/aromatic N) is 1. The van der Waals surface area contributed by atoms with Crippen molar-refractivity contribution in [2.75, 3.05) is 14.2 Å². The van der Waals surface area contributed by atoms with E-state index in [1.54, 1.807) is 20.3 Å². The Morgan fingerprint density at radius 2 is 2.06 bits per heavy atom. The molecule has 0 heterocycles. The summed E-state index contributed by atoms with van der Waals surface area (Å²) in [7, 11) is 3.20. The summed E-state index contributed by atoms with van der Waals surface area (Å²) in [5.41, 5.74) is 0.834. The van der Waals surface area contributed by atoms with E-state index in [2.05, 4.69) is 25.2 Å². The first-order chi connectivity index (χ1) is 8.65. The fourth-order valence-corrected chi connectivity index (χ4v) is 1.66. The highest BCUT2D eigenvalue weighted by molar-refractivity contribution is 5.44. The van der Waals surface area contributed by atoms with E-state index in [1.807, 2.05) is 12.1 Å². The highest BCUT2D eigenvalue weighted by Crippen LogP contribution is 2.29. The summed E-state index contributed by atoms with van der Waals surface area (Å²) in [5, 5.41) is 12.5. The average Bonchev–Trinajstić information content (AvgIpc) is 2.43. The summed E-state index contributed by atoms with van der Waals surface area (Å²) in [6.07, 6.45) is 0.969. The van der Waals surface area contributed by atoms with Crippen LogP contribution in [0, 0.1) is 11.3 Å². The van der Waals surface area contributed by atoms with Crippen molar-refractivity contribution < 1.29 is 9.47 Å². The molecule has 98 valence electrons. The molecular formula is C14H20N2O2. The number of nitriles is 1. The molecule has 1 aromatic carbocycles. The van der Waals surface area contributed by atoms with Crippen LogP contribution in [0.2, 0.25) is 0 Å². The van der Waals surface area contributed by atoms with Gasteiger partial charge in [0, 0.05) is 17.7 Å². The molecule has 0 radical (unpaired) electrons. The summed E-state index contributed by atoms with van der Waals surface area (Å²) in [6, 6.07) is 7.65. The maximum absolute atomic E-state index is 9.27. The van der Waals surface area contributed by atoms with Gasteiger partial charge < -0.3 is 9.47 Å². The van der Waals surface area contributed by atoms with Gasteiger partial charge in [-0.1, -0.05) is 6.92 Å². The highest BCUT2D eigenvalue weighted by Gasteiger charge is 2.17. The van der Waals surface area contributed by atoms with Gasteiger partial charge in [-0.3, -0.25) is 5.32 Å². The minimum Gasteiger partial charge on any atom is -0.497 e. The van der Waals surface area contributed by atoms with Gasteiger partial charge in [0.25, 0.3) is 0 Å². The molecule has 4 heteroatoms. The lowest BCUT2D eigenvalue weighted by atomic mass is 10.0. The van der Waals surface area contributed by atoms with Crippen molar-refractivity contribution in [1.82, 2.24) is 5.32 Å².